The number of aryl methyl sites for hydroxylation is 1. The summed E-state index contributed by atoms with van der Waals surface area (Å²) in [4.78, 5) is 16.0. The summed E-state index contributed by atoms with van der Waals surface area (Å²) < 4.78 is 28.6. The Hall–Kier alpha value is -3.05. The number of nitrogens with one attached hydrogen (secondary N) is 6. The summed E-state index contributed by atoms with van der Waals surface area (Å²) in [6, 6.07) is 3.44. The van der Waals surface area contributed by atoms with E-state index in [0.717, 1.165) is 55.6 Å². The van der Waals surface area contributed by atoms with Crippen LogP contribution in [0.3, 0.4) is 0 Å². The number of halogens is 2. The molecule has 3 heterocycles. The number of hydrogen-bond acceptors (Lipinski definition) is 6. The smallest absolute Gasteiger partial charge is 0.317 e. The number of rotatable bonds is 8. The van der Waals surface area contributed by atoms with Crippen LogP contribution in [0.15, 0.2) is 23.4 Å². The van der Waals surface area contributed by atoms with Crippen molar-refractivity contribution in [3.05, 3.63) is 40.1 Å². The summed E-state index contributed by atoms with van der Waals surface area (Å²) >= 11 is 0. The van der Waals surface area contributed by atoms with Crippen LogP contribution in [-0.2, 0) is 6.42 Å². The highest BCUT2D eigenvalue weighted by Crippen LogP contribution is 2.38. The van der Waals surface area contributed by atoms with Gasteiger partial charge in [0.15, 0.2) is 0 Å². The van der Waals surface area contributed by atoms with Crippen LogP contribution in [0.25, 0.3) is 0 Å². The number of hydrogen-bond donors (Lipinski definition) is 6. The molecule has 4 rings (SSSR count). The van der Waals surface area contributed by atoms with E-state index in [1.807, 2.05) is 11.0 Å². The molecule has 1 aromatic carbocycles. The van der Waals surface area contributed by atoms with E-state index in [4.69, 9.17) is 5.41 Å². The van der Waals surface area contributed by atoms with E-state index in [1.54, 1.807) is 19.0 Å². The first kappa shape index (κ1) is 28.0. The highest BCUT2D eigenvalue weighted by Gasteiger charge is 2.32. The van der Waals surface area contributed by atoms with Gasteiger partial charge in [0.25, 0.3) is 6.43 Å². The van der Waals surface area contributed by atoms with Crippen LogP contribution in [0.4, 0.5) is 19.3 Å². The lowest BCUT2D eigenvalue weighted by Gasteiger charge is -2.38. The van der Waals surface area contributed by atoms with Crippen LogP contribution >= 0.6 is 0 Å². The number of carbonyl (C=O) groups is 1. The summed E-state index contributed by atoms with van der Waals surface area (Å²) in [6.07, 6.45) is 2.61. The fourth-order valence-corrected chi connectivity index (χ4v) is 5.74. The van der Waals surface area contributed by atoms with Gasteiger partial charge in [0, 0.05) is 73.8 Å². The van der Waals surface area contributed by atoms with Crippen LogP contribution in [0.1, 0.15) is 54.7 Å². The van der Waals surface area contributed by atoms with Crippen LogP contribution in [0.2, 0.25) is 0 Å². The third kappa shape index (κ3) is 5.99. The molecule has 0 aromatic heterocycles. The molecule has 1 fully saturated rings. The SMILES string of the molecule is CNCC(C=N)c1cc2c(cc1C(F)F)N(C(=N)C1=C(NC3CCNCC3)CCN(C(=O)NC)C1)CCC2. The molecular formula is C27H40F2N8O. The number of carbonyl (C=O) groups excluding carboxylic acids is 1. The molecule has 0 spiro atoms. The Morgan fingerprint density at radius 1 is 1.18 bits per heavy atom. The average molecular weight is 531 g/mol. The fraction of sp³-hybridized carbons (Fsp3) is 0.593. The molecule has 2 amide bonds. The number of nitrogens with zero attached hydrogens (tertiary/aromatic N) is 2. The van der Waals surface area contributed by atoms with Gasteiger partial charge in [-0.05, 0) is 63.0 Å². The summed E-state index contributed by atoms with van der Waals surface area (Å²) in [5, 5.41) is 29.8. The molecule has 0 aliphatic carbocycles. The lowest BCUT2D eigenvalue weighted by molar-refractivity contribution is 0.150. The molecule has 1 atom stereocenters. The van der Waals surface area contributed by atoms with E-state index < -0.39 is 12.3 Å². The molecule has 6 N–H and O–H groups in total. The van der Waals surface area contributed by atoms with Gasteiger partial charge in [-0.3, -0.25) is 5.41 Å². The monoisotopic (exact) mass is 530 g/mol. The molecule has 0 saturated carbocycles. The topological polar surface area (TPSA) is 119 Å². The lowest BCUT2D eigenvalue weighted by Crippen LogP contribution is -2.49. The zero-order chi connectivity index (χ0) is 27.2. The summed E-state index contributed by atoms with van der Waals surface area (Å²) in [6.45, 7) is 3.65. The van der Waals surface area contributed by atoms with E-state index in [2.05, 4.69) is 21.3 Å². The second-order valence-electron chi connectivity index (χ2n) is 10.2. The van der Waals surface area contributed by atoms with Gasteiger partial charge >= 0.3 is 6.03 Å². The first-order valence-electron chi connectivity index (χ1n) is 13.5. The number of urea groups is 1. The minimum atomic E-state index is -2.69. The molecule has 3 aliphatic heterocycles. The van der Waals surface area contributed by atoms with Gasteiger partial charge in [0.2, 0.25) is 0 Å². The van der Waals surface area contributed by atoms with Gasteiger partial charge in [-0.15, -0.1) is 0 Å². The van der Waals surface area contributed by atoms with E-state index in [0.29, 0.717) is 43.3 Å². The zero-order valence-electron chi connectivity index (χ0n) is 22.3. The van der Waals surface area contributed by atoms with Gasteiger partial charge in [-0.2, -0.15) is 0 Å². The summed E-state index contributed by atoms with van der Waals surface area (Å²) in [7, 11) is 3.34. The Kier molecular flexibility index (Phi) is 9.32. The number of alkyl halides is 2. The quantitative estimate of drug-likeness (QED) is 0.228. The molecular weight excluding hydrogens is 490 g/mol. The minimum Gasteiger partial charge on any atom is -0.385 e. The number of benzene rings is 1. The Balaban J connectivity index is 1.71. The Morgan fingerprint density at radius 3 is 2.61 bits per heavy atom. The van der Waals surface area contributed by atoms with Crippen molar-refractivity contribution in [2.45, 2.75) is 50.5 Å². The first-order chi connectivity index (χ1) is 18.4. The molecule has 38 heavy (non-hydrogen) atoms. The maximum Gasteiger partial charge on any atom is 0.317 e. The average Bonchev–Trinajstić information content (AvgIpc) is 2.94. The fourth-order valence-electron chi connectivity index (χ4n) is 5.74. The standard InChI is InChI=1S/C27H40F2N8O/c1-32-15-18(14-30)20-12-17-4-3-10-37(24(17)13-21(20)25(28)29)26(31)22-16-36(27(38)33-2)11-7-23(22)35-19-5-8-34-9-6-19/h12-14,18-19,25,30-32,34-35H,3-11,15-16H2,1-2H3,(H,33,38). The number of piperidine rings is 1. The van der Waals surface area contributed by atoms with Crippen molar-refractivity contribution < 1.29 is 13.6 Å². The van der Waals surface area contributed by atoms with Crippen molar-refractivity contribution in [2.75, 3.05) is 58.3 Å². The predicted octanol–water partition coefficient (Wildman–Crippen LogP) is 2.95. The molecule has 1 saturated heterocycles. The van der Waals surface area contributed by atoms with E-state index in [9.17, 15) is 19.0 Å². The van der Waals surface area contributed by atoms with Crippen molar-refractivity contribution >= 4 is 23.8 Å². The third-order valence-electron chi connectivity index (χ3n) is 7.78. The summed E-state index contributed by atoms with van der Waals surface area (Å²) in [5.74, 6) is -0.199. The number of anilines is 1. The molecule has 1 aromatic rings. The molecule has 9 nitrogen and oxygen atoms in total. The highest BCUT2D eigenvalue weighted by atomic mass is 19.3. The van der Waals surface area contributed by atoms with Crippen molar-refractivity contribution in [1.82, 2.24) is 26.2 Å². The Labute approximate surface area is 223 Å². The Bertz CT molecular complexity index is 1070. The van der Waals surface area contributed by atoms with Crippen molar-refractivity contribution in [2.24, 2.45) is 0 Å². The zero-order valence-corrected chi connectivity index (χ0v) is 22.3. The Morgan fingerprint density at radius 2 is 1.95 bits per heavy atom. The van der Waals surface area contributed by atoms with Crippen LogP contribution in [0.5, 0.6) is 0 Å². The minimum absolute atomic E-state index is 0.0927. The van der Waals surface area contributed by atoms with Gasteiger partial charge in [-0.25, -0.2) is 13.6 Å². The van der Waals surface area contributed by atoms with Gasteiger partial charge in [-0.1, -0.05) is 6.07 Å². The van der Waals surface area contributed by atoms with Gasteiger partial charge in [0.05, 0.1) is 6.54 Å². The molecule has 208 valence electrons. The van der Waals surface area contributed by atoms with Crippen LogP contribution in [0, 0.1) is 10.8 Å². The van der Waals surface area contributed by atoms with Crippen molar-refractivity contribution in [3.8, 4) is 0 Å². The van der Waals surface area contributed by atoms with Gasteiger partial charge in [0.1, 0.15) is 5.84 Å². The second kappa shape index (κ2) is 12.7. The van der Waals surface area contributed by atoms with Gasteiger partial charge < -0.3 is 36.5 Å². The number of amidine groups is 1. The normalized spacial score (nSPS) is 19.3. The second-order valence-corrected chi connectivity index (χ2v) is 10.2. The van der Waals surface area contributed by atoms with Crippen LogP contribution in [-0.4, -0.2) is 82.4 Å². The lowest BCUT2D eigenvalue weighted by atomic mass is 9.88. The molecule has 0 bridgehead atoms. The highest BCUT2D eigenvalue weighted by molar-refractivity contribution is 6.09. The van der Waals surface area contributed by atoms with Crippen molar-refractivity contribution in [3.63, 3.8) is 0 Å². The molecule has 3 aliphatic rings. The molecule has 0 radical (unpaired) electrons. The van der Waals surface area contributed by atoms with E-state index >= 15 is 0 Å². The number of likely N-dealkylation sites (N-methyl/N-ethyl adjacent to an activating group) is 1. The summed E-state index contributed by atoms with van der Waals surface area (Å²) in [5.41, 5.74) is 3.62. The van der Waals surface area contributed by atoms with Crippen LogP contribution < -0.4 is 26.2 Å². The predicted molar refractivity (Wildman–Crippen MR) is 147 cm³/mol. The maximum atomic E-state index is 14.3. The molecule has 1 unspecified atom stereocenters. The van der Waals surface area contributed by atoms with E-state index in [1.165, 1.54) is 12.3 Å². The molecule has 11 heteroatoms. The largest absolute Gasteiger partial charge is 0.385 e. The maximum absolute atomic E-state index is 14.3. The third-order valence-corrected chi connectivity index (χ3v) is 7.78. The van der Waals surface area contributed by atoms with E-state index in [-0.39, 0.29) is 24.0 Å². The van der Waals surface area contributed by atoms with Crippen molar-refractivity contribution in [1.29, 1.82) is 10.8 Å². The number of fused-ring (bicyclic) bond motifs is 1. The number of amides is 2. The first-order valence-corrected chi connectivity index (χ1v) is 13.5.